The quantitative estimate of drug-likeness (QED) is 0.0958. The van der Waals surface area contributed by atoms with Crippen molar-refractivity contribution < 1.29 is 0 Å². The van der Waals surface area contributed by atoms with Crippen LogP contribution in [0.25, 0.3) is 135 Å². The van der Waals surface area contributed by atoms with Crippen LogP contribution in [0, 0.1) is 0 Å². The lowest BCUT2D eigenvalue weighted by atomic mass is 9.98. The molecular formula is C102H68N4S2. The van der Waals surface area contributed by atoms with Crippen molar-refractivity contribution in [2.24, 2.45) is 0 Å². The van der Waals surface area contributed by atoms with E-state index in [2.05, 4.69) is 432 Å². The molecule has 0 aliphatic rings. The van der Waals surface area contributed by atoms with Crippen molar-refractivity contribution in [3.63, 3.8) is 0 Å². The third-order valence-corrected chi connectivity index (χ3v) is 23.5. The molecule has 0 amide bonds. The predicted molar refractivity (Wildman–Crippen MR) is 463 cm³/mol. The Morgan fingerprint density at radius 3 is 0.870 bits per heavy atom. The van der Waals surface area contributed by atoms with Crippen LogP contribution in [0.4, 0.5) is 51.2 Å². The summed E-state index contributed by atoms with van der Waals surface area (Å²) in [5.74, 6) is 0. The topological polar surface area (TPSA) is 14.7 Å². The highest BCUT2D eigenvalue weighted by Gasteiger charge is 2.21. The van der Waals surface area contributed by atoms with Crippen molar-refractivity contribution in [2.45, 2.75) is 0 Å². The van der Waals surface area contributed by atoms with Crippen LogP contribution in [-0.4, -0.2) is 4.57 Å². The number of hydrogen-bond donors (Lipinski definition) is 0. The summed E-state index contributed by atoms with van der Waals surface area (Å²) in [6, 6.07) is 151. The van der Waals surface area contributed by atoms with E-state index in [0.29, 0.717) is 0 Å². The highest BCUT2D eigenvalue weighted by atomic mass is 32.1. The molecule has 0 unspecified atom stereocenters. The maximum Gasteiger partial charge on any atom is 0.0541 e. The summed E-state index contributed by atoms with van der Waals surface area (Å²) >= 11 is 3.70. The van der Waals surface area contributed by atoms with Crippen LogP contribution in [-0.2, 0) is 0 Å². The number of benzene rings is 17. The van der Waals surface area contributed by atoms with Crippen LogP contribution in [0.15, 0.2) is 413 Å². The van der Waals surface area contributed by atoms with Crippen LogP contribution in [0.1, 0.15) is 0 Å². The Morgan fingerprint density at radius 2 is 0.435 bits per heavy atom. The van der Waals surface area contributed by atoms with Gasteiger partial charge in [0.25, 0.3) is 0 Å². The van der Waals surface area contributed by atoms with Gasteiger partial charge in [0.2, 0.25) is 0 Å². The van der Waals surface area contributed by atoms with Gasteiger partial charge in [0.05, 0.1) is 11.0 Å². The highest BCUT2D eigenvalue weighted by Crippen LogP contribution is 2.46. The lowest BCUT2D eigenvalue weighted by Gasteiger charge is -2.26. The van der Waals surface area contributed by atoms with E-state index in [-0.39, 0.29) is 0 Å². The Hall–Kier alpha value is -13.6. The SMILES string of the molecule is c1ccc(-c2ccc(N(c3ccc(-c4ccc(-c5ccc6c(c5)c5ccccc5n6-c5ccccc5)cc4)cc3)c3ccc(-c4cccc(-c5ccc(N(c6ccc(-c7ccc(N(c8ccccc8)c8ccc9c(c8)sc8ccccc89)cc7)cc6)c6ccc7c(c6)sc6ccccc67)cc5)c4)cc3)cc2)cc1. The molecule has 0 atom stereocenters. The fourth-order valence-corrected chi connectivity index (χ4v) is 18.1. The molecule has 20 aromatic rings. The van der Waals surface area contributed by atoms with Crippen molar-refractivity contribution in [2.75, 3.05) is 14.7 Å². The molecule has 0 aliphatic carbocycles. The largest absolute Gasteiger partial charge is 0.311 e. The van der Waals surface area contributed by atoms with E-state index in [1.807, 2.05) is 22.7 Å². The van der Waals surface area contributed by atoms with Gasteiger partial charge in [-0.25, -0.2) is 0 Å². The lowest BCUT2D eigenvalue weighted by Crippen LogP contribution is -2.10. The zero-order valence-corrected chi connectivity index (χ0v) is 60.5. The fourth-order valence-electron chi connectivity index (χ4n) is 15.8. The molecule has 0 saturated heterocycles. The van der Waals surface area contributed by atoms with Crippen LogP contribution in [0.3, 0.4) is 0 Å². The van der Waals surface area contributed by atoms with Crippen LogP contribution < -0.4 is 14.7 Å². The van der Waals surface area contributed by atoms with Gasteiger partial charge in [-0.15, -0.1) is 22.7 Å². The molecule has 0 radical (unpaired) electrons. The maximum atomic E-state index is 2.40. The molecule has 0 N–H and O–H groups in total. The van der Waals surface area contributed by atoms with E-state index in [0.717, 1.165) is 95.8 Å². The third kappa shape index (κ3) is 11.9. The minimum absolute atomic E-state index is 1.07. The van der Waals surface area contributed by atoms with Gasteiger partial charge in [0.15, 0.2) is 0 Å². The lowest BCUT2D eigenvalue weighted by molar-refractivity contribution is 1.18. The summed E-state index contributed by atoms with van der Waals surface area (Å²) in [5, 5.41) is 7.67. The molecular weight excluding hydrogens is 1350 g/mol. The van der Waals surface area contributed by atoms with Gasteiger partial charge in [0, 0.05) is 108 Å². The number of thiophene rings is 2. The average molecular weight is 1410 g/mol. The van der Waals surface area contributed by atoms with Crippen LogP contribution >= 0.6 is 22.7 Å². The van der Waals surface area contributed by atoms with Gasteiger partial charge in [-0.3, -0.25) is 0 Å². The Labute approximate surface area is 635 Å². The zero-order chi connectivity index (χ0) is 71.4. The second-order valence-corrected chi connectivity index (χ2v) is 29.8. The average Bonchev–Trinajstić information content (AvgIpc) is 1.59. The summed E-state index contributed by atoms with van der Waals surface area (Å²) in [7, 11) is 0. The Kier molecular flexibility index (Phi) is 16.3. The van der Waals surface area contributed by atoms with Crippen molar-refractivity contribution in [3.8, 4) is 72.4 Å². The summed E-state index contributed by atoms with van der Waals surface area (Å²) in [5.41, 5.74) is 27.4. The van der Waals surface area contributed by atoms with Crippen LogP contribution in [0.2, 0.25) is 0 Å². The van der Waals surface area contributed by atoms with Gasteiger partial charge < -0.3 is 19.3 Å². The zero-order valence-electron chi connectivity index (χ0n) is 58.9. The van der Waals surface area contributed by atoms with E-state index in [4.69, 9.17) is 0 Å². The molecule has 0 saturated carbocycles. The minimum atomic E-state index is 1.07. The second-order valence-electron chi connectivity index (χ2n) is 27.6. The summed E-state index contributed by atoms with van der Waals surface area (Å²) < 4.78 is 7.51. The molecule has 0 bridgehead atoms. The van der Waals surface area contributed by atoms with Gasteiger partial charge in [-0.1, -0.05) is 255 Å². The second kappa shape index (κ2) is 27.5. The van der Waals surface area contributed by atoms with E-state index in [1.54, 1.807) is 0 Å². The first-order valence-corrected chi connectivity index (χ1v) is 38.4. The van der Waals surface area contributed by atoms with Gasteiger partial charge in [-0.2, -0.15) is 0 Å². The number of hydrogen-bond acceptors (Lipinski definition) is 5. The molecule has 0 spiro atoms. The molecule has 508 valence electrons. The smallest absolute Gasteiger partial charge is 0.0541 e. The number of anilines is 9. The molecule has 108 heavy (non-hydrogen) atoms. The first kappa shape index (κ1) is 64.0. The monoisotopic (exact) mass is 1410 g/mol. The minimum Gasteiger partial charge on any atom is -0.311 e. The van der Waals surface area contributed by atoms with Gasteiger partial charge in [0.1, 0.15) is 0 Å². The van der Waals surface area contributed by atoms with E-state index in [1.165, 1.54) is 90.0 Å². The number of para-hydroxylation sites is 3. The molecule has 17 aromatic carbocycles. The Balaban J connectivity index is 0.577. The molecule has 3 aromatic heterocycles. The standard InChI is InChI=1S/C102H68N4S2/c1-4-17-69(18-5-1)71-35-48-83(49-36-71)103(84-50-37-72(38-51-84)70-31-33-75(34-32-70)80-47-64-98-96(66-80)91-25-10-13-28-97(91)106(98)82-23-8-3-9-24-82)85-56-43-76(44-57-85)78-19-16-20-79(65-78)77-45-58-88(59-46-77)105(90-61-63-95-93-27-12-15-30-100(93)108-102(95)68-90)87-54-41-74(42-55-87)73-39-52-86(53-40-73)104(81-21-6-2-7-22-81)89-60-62-94-92-26-11-14-29-99(92)107-101(94)67-89/h1-68H. The highest BCUT2D eigenvalue weighted by molar-refractivity contribution is 7.26. The number of aromatic nitrogens is 1. The molecule has 4 nitrogen and oxygen atoms in total. The molecule has 0 aliphatic heterocycles. The first-order valence-electron chi connectivity index (χ1n) is 36.7. The number of rotatable bonds is 16. The normalized spacial score (nSPS) is 11.5. The Morgan fingerprint density at radius 1 is 0.157 bits per heavy atom. The van der Waals surface area contributed by atoms with Crippen molar-refractivity contribution in [1.29, 1.82) is 0 Å². The first-order chi connectivity index (χ1) is 53.5. The summed E-state index contributed by atoms with van der Waals surface area (Å²) in [6.45, 7) is 0. The van der Waals surface area contributed by atoms with Crippen molar-refractivity contribution >= 4 is 136 Å². The molecule has 0 fully saturated rings. The van der Waals surface area contributed by atoms with E-state index in [9.17, 15) is 0 Å². The molecule has 6 heteroatoms. The molecule has 3 heterocycles. The predicted octanol–water partition coefficient (Wildman–Crippen LogP) is 29.9. The maximum absolute atomic E-state index is 2.40. The van der Waals surface area contributed by atoms with Crippen molar-refractivity contribution in [3.05, 3.63) is 413 Å². The van der Waals surface area contributed by atoms with Gasteiger partial charge in [-0.05, 0) is 224 Å². The summed E-state index contributed by atoms with van der Waals surface area (Å²) in [6.07, 6.45) is 0. The van der Waals surface area contributed by atoms with E-state index >= 15 is 0 Å². The van der Waals surface area contributed by atoms with E-state index < -0.39 is 0 Å². The third-order valence-electron chi connectivity index (χ3n) is 21.2. The Bertz CT molecular complexity index is 6670. The van der Waals surface area contributed by atoms with Crippen LogP contribution in [0.5, 0.6) is 0 Å². The van der Waals surface area contributed by atoms with Crippen molar-refractivity contribution in [1.82, 2.24) is 4.57 Å². The summed E-state index contributed by atoms with van der Waals surface area (Å²) in [4.78, 5) is 7.12. The number of fused-ring (bicyclic) bond motifs is 9. The number of nitrogens with zero attached hydrogens (tertiary/aromatic N) is 4. The fraction of sp³-hybridized carbons (Fsp3) is 0. The van der Waals surface area contributed by atoms with Gasteiger partial charge >= 0.3 is 0 Å². The molecule has 20 rings (SSSR count).